The number of dihydropyridines is 1. The Kier molecular flexibility index (Phi) is 2.22. The summed E-state index contributed by atoms with van der Waals surface area (Å²) in [4.78, 5) is 6.46. The lowest BCUT2D eigenvalue weighted by Gasteiger charge is -2.26. The molecule has 1 aliphatic rings. The number of rotatable bonds is 1. The van der Waals surface area contributed by atoms with Gasteiger partial charge in [-0.05, 0) is 27.1 Å². The van der Waals surface area contributed by atoms with Crippen molar-refractivity contribution in [2.45, 2.75) is 19.0 Å². The van der Waals surface area contributed by atoms with E-state index in [1.54, 1.807) is 0 Å². The topological polar surface area (TPSA) is 15.6 Å². The second-order valence-corrected chi connectivity index (χ2v) is 2.88. The van der Waals surface area contributed by atoms with Gasteiger partial charge in [0.2, 0.25) is 0 Å². The smallest absolute Gasteiger partial charge is 0.0662 e. The zero-order chi connectivity index (χ0) is 7.56. The first-order chi connectivity index (χ1) is 4.72. The van der Waals surface area contributed by atoms with Gasteiger partial charge in [0.1, 0.15) is 0 Å². The van der Waals surface area contributed by atoms with Gasteiger partial charge in [-0.15, -0.1) is 0 Å². The summed E-state index contributed by atoms with van der Waals surface area (Å²) in [5.41, 5.74) is 0. The van der Waals surface area contributed by atoms with Gasteiger partial charge in [-0.1, -0.05) is 6.08 Å². The van der Waals surface area contributed by atoms with Crippen LogP contribution in [-0.4, -0.2) is 37.3 Å². The third-order valence-corrected chi connectivity index (χ3v) is 1.81. The van der Waals surface area contributed by atoms with Crippen molar-refractivity contribution in [1.82, 2.24) is 4.90 Å². The first-order valence-electron chi connectivity index (χ1n) is 3.58. The fourth-order valence-electron chi connectivity index (χ4n) is 1.20. The van der Waals surface area contributed by atoms with Gasteiger partial charge in [-0.2, -0.15) is 0 Å². The van der Waals surface area contributed by atoms with Crippen LogP contribution in [-0.2, 0) is 0 Å². The molecule has 2 heteroatoms. The standard InChI is InChI=1S/C8H14N2/c1-7-8(10(2)3)5-4-6-9-7/h4-8H,1-3H3/t7-,8?/m0/s1. The molecule has 0 aromatic carbocycles. The molecule has 0 saturated heterocycles. The highest BCUT2D eigenvalue weighted by atomic mass is 15.1. The van der Waals surface area contributed by atoms with E-state index in [0.29, 0.717) is 12.1 Å². The summed E-state index contributed by atoms with van der Waals surface area (Å²) in [7, 11) is 4.15. The summed E-state index contributed by atoms with van der Waals surface area (Å²) in [5, 5.41) is 0. The van der Waals surface area contributed by atoms with Crippen molar-refractivity contribution in [1.29, 1.82) is 0 Å². The Balaban J connectivity index is 2.61. The molecule has 1 heterocycles. The lowest BCUT2D eigenvalue weighted by molar-refractivity contribution is 0.310. The Bertz CT molecular complexity index is 159. The highest BCUT2D eigenvalue weighted by Crippen LogP contribution is 2.08. The van der Waals surface area contributed by atoms with Gasteiger partial charge in [-0.25, -0.2) is 0 Å². The zero-order valence-corrected chi connectivity index (χ0v) is 6.78. The van der Waals surface area contributed by atoms with E-state index in [9.17, 15) is 0 Å². The molecule has 1 aliphatic heterocycles. The molecular weight excluding hydrogens is 124 g/mol. The predicted octanol–water partition coefficient (Wildman–Crippen LogP) is 0.946. The van der Waals surface area contributed by atoms with Crippen LogP contribution in [0.1, 0.15) is 6.92 Å². The molecule has 0 aromatic heterocycles. The molecule has 2 atom stereocenters. The quantitative estimate of drug-likeness (QED) is 0.526. The van der Waals surface area contributed by atoms with E-state index in [1.165, 1.54) is 0 Å². The lowest BCUT2D eigenvalue weighted by Crippen LogP contribution is -2.35. The van der Waals surface area contributed by atoms with E-state index in [1.807, 2.05) is 12.3 Å². The Labute approximate surface area is 62.3 Å². The van der Waals surface area contributed by atoms with Crippen LogP contribution in [0.3, 0.4) is 0 Å². The number of likely N-dealkylation sites (N-methyl/N-ethyl adjacent to an activating group) is 1. The van der Waals surface area contributed by atoms with Crippen LogP contribution in [0, 0.1) is 0 Å². The largest absolute Gasteiger partial charge is 0.301 e. The van der Waals surface area contributed by atoms with Crippen LogP contribution in [0.25, 0.3) is 0 Å². The van der Waals surface area contributed by atoms with E-state index in [2.05, 4.69) is 37.0 Å². The number of hydrogen-bond acceptors (Lipinski definition) is 2. The Morgan fingerprint density at radius 2 is 2.10 bits per heavy atom. The summed E-state index contributed by atoms with van der Waals surface area (Å²) in [6, 6.07) is 0.880. The minimum Gasteiger partial charge on any atom is -0.301 e. The maximum absolute atomic E-state index is 4.28. The summed E-state index contributed by atoms with van der Waals surface area (Å²) in [5.74, 6) is 0. The van der Waals surface area contributed by atoms with Crippen molar-refractivity contribution in [3.05, 3.63) is 12.2 Å². The average molecular weight is 138 g/mol. The van der Waals surface area contributed by atoms with Gasteiger partial charge in [0, 0.05) is 12.3 Å². The minimum absolute atomic E-state index is 0.403. The molecule has 0 fully saturated rings. The summed E-state index contributed by atoms with van der Waals surface area (Å²) in [6.45, 7) is 2.13. The number of allylic oxidation sites excluding steroid dienone is 1. The molecule has 0 aromatic rings. The van der Waals surface area contributed by atoms with Crippen molar-refractivity contribution in [3.63, 3.8) is 0 Å². The summed E-state index contributed by atoms with van der Waals surface area (Å²) in [6.07, 6.45) is 6.05. The molecule has 10 heavy (non-hydrogen) atoms. The van der Waals surface area contributed by atoms with E-state index >= 15 is 0 Å². The van der Waals surface area contributed by atoms with E-state index in [4.69, 9.17) is 0 Å². The molecule has 56 valence electrons. The molecule has 0 spiro atoms. The van der Waals surface area contributed by atoms with Crippen molar-refractivity contribution < 1.29 is 0 Å². The Hall–Kier alpha value is -0.630. The van der Waals surface area contributed by atoms with Gasteiger partial charge in [-0.3, -0.25) is 4.99 Å². The third-order valence-electron chi connectivity index (χ3n) is 1.81. The fourth-order valence-corrected chi connectivity index (χ4v) is 1.20. The van der Waals surface area contributed by atoms with Crippen molar-refractivity contribution in [2.24, 2.45) is 4.99 Å². The molecule has 0 N–H and O–H groups in total. The van der Waals surface area contributed by atoms with E-state index in [0.717, 1.165) is 0 Å². The van der Waals surface area contributed by atoms with Gasteiger partial charge in [0.15, 0.2) is 0 Å². The molecule has 1 rings (SSSR count). The highest BCUT2D eigenvalue weighted by molar-refractivity contribution is 5.72. The van der Waals surface area contributed by atoms with Crippen molar-refractivity contribution in [3.8, 4) is 0 Å². The van der Waals surface area contributed by atoms with Crippen molar-refractivity contribution in [2.75, 3.05) is 14.1 Å². The Morgan fingerprint density at radius 3 is 2.50 bits per heavy atom. The fraction of sp³-hybridized carbons (Fsp3) is 0.625. The second-order valence-electron chi connectivity index (χ2n) is 2.88. The monoisotopic (exact) mass is 138 g/mol. The maximum Gasteiger partial charge on any atom is 0.0662 e. The Morgan fingerprint density at radius 1 is 1.40 bits per heavy atom. The van der Waals surface area contributed by atoms with Crippen LogP contribution in [0.15, 0.2) is 17.1 Å². The van der Waals surface area contributed by atoms with Gasteiger partial charge >= 0.3 is 0 Å². The molecule has 0 aliphatic carbocycles. The minimum atomic E-state index is 0.403. The predicted molar refractivity (Wildman–Crippen MR) is 44.6 cm³/mol. The van der Waals surface area contributed by atoms with Gasteiger partial charge < -0.3 is 4.90 Å². The summed E-state index contributed by atoms with van der Waals surface area (Å²) >= 11 is 0. The van der Waals surface area contributed by atoms with Gasteiger partial charge in [0.05, 0.1) is 6.04 Å². The molecule has 2 nitrogen and oxygen atoms in total. The highest BCUT2D eigenvalue weighted by Gasteiger charge is 2.15. The SMILES string of the molecule is C[C@@H]1N=CC=CC1N(C)C. The van der Waals surface area contributed by atoms with Crippen LogP contribution in [0.5, 0.6) is 0 Å². The van der Waals surface area contributed by atoms with Gasteiger partial charge in [0.25, 0.3) is 0 Å². The lowest BCUT2D eigenvalue weighted by atomic mass is 10.1. The second kappa shape index (κ2) is 2.97. The third kappa shape index (κ3) is 1.45. The molecule has 0 saturated carbocycles. The van der Waals surface area contributed by atoms with Crippen molar-refractivity contribution >= 4 is 6.21 Å². The number of aliphatic imine (C=N–C) groups is 1. The van der Waals surface area contributed by atoms with Crippen LogP contribution in [0.4, 0.5) is 0 Å². The number of hydrogen-bond donors (Lipinski definition) is 0. The van der Waals surface area contributed by atoms with Crippen LogP contribution < -0.4 is 0 Å². The maximum atomic E-state index is 4.28. The van der Waals surface area contributed by atoms with E-state index < -0.39 is 0 Å². The van der Waals surface area contributed by atoms with Crippen LogP contribution >= 0.6 is 0 Å². The first-order valence-corrected chi connectivity index (χ1v) is 3.58. The van der Waals surface area contributed by atoms with Crippen LogP contribution in [0.2, 0.25) is 0 Å². The molecule has 0 bridgehead atoms. The zero-order valence-electron chi connectivity index (χ0n) is 6.78. The molecule has 0 amide bonds. The number of nitrogens with zero attached hydrogens (tertiary/aromatic N) is 2. The summed E-state index contributed by atoms with van der Waals surface area (Å²) < 4.78 is 0. The molecule has 1 unspecified atom stereocenters. The normalized spacial score (nSPS) is 31.6. The first kappa shape index (κ1) is 7.48. The molecule has 0 radical (unpaired) electrons. The molecular formula is C8H14N2. The van der Waals surface area contributed by atoms with E-state index in [-0.39, 0.29) is 0 Å². The average Bonchev–Trinajstić information content (AvgIpc) is 1.88.